The highest BCUT2D eigenvalue weighted by atomic mass is 32.1. The van der Waals surface area contributed by atoms with Crippen molar-refractivity contribution in [3.05, 3.63) is 52.8 Å². The monoisotopic (exact) mass is 424 g/mol. The van der Waals surface area contributed by atoms with Crippen molar-refractivity contribution in [2.75, 3.05) is 18.5 Å². The van der Waals surface area contributed by atoms with Crippen LogP contribution in [0.3, 0.4) is 0 Å². The van der Waals surface area contributed by atoms with Gasteiger partial charge >= 0.3 is 0 Å². The van der Waals surface area contributed by atoms with Crippen LogP contribution in [0.4, 0.5) is 5.13 Å². The molecular weight excluding hydrogens is 404 g/mol. The Labute approximate surface area is 176 Å². The van der Waals surface area contributed by atoms with Crippen LogP contribution in [0.1, 0.15) is 33.9 Å². The minimum atomic E-state index is -0.392. The molecule has 9 nitrogen and oxygen atoms in total. The summed E-state index contributed by atoms with van der Waals surface area (Å²) < 4.78 is 5.42. The molecule has 1 fully saturated rings. The zero-order chi connectivity index (χ0) is 20.5. The van der Waals surface area contributed by atoms with Crippen LogP contribution in [-0.2, 0) is 22.5 Å². The number of anilines is 1. The molecule has 1 atom stereocenters. The van der Waals surface area contributed by atoms with Crippen LogP contribution in [0.15, 0.2) is 36.5 Å². The lowest BCUT2D eigenvalue weighted by Gasteiger charge is -2.25. The number of benzene rings is 1. The number of hydrogen-bond acceptors (Lipinski definition) is 7. The molecule has 154 valence electrons. The van der Waals surface area contributed by atoms with Gasteiger partial charge in [-0.05, 0) is 25.0 Å². The molecule has 2 aliphatic heterocycles. The van der Waals surface area contributed by atoms with Gasteiger partial charge < -0.3 is 9.64 Å². The molecule has 0 radical (unpaired) electrons. The van der Waals surface area contributed by atoms with Crippen molar-refractivity contribution < 1.29 is 14.3 Å². The number of fused-ring (bicyclic) bond motifs is 1. The van der Waals surface area contributed by atoms with Gasteiger partial charge in [0.2, 0.25) is 0 Å². The Kier molecular flexibility index (Phi) is 5.01. The number of carbonyl (C=O) groups is 2. The fourth-order valence-corrected chi connectivity index (χ4v) is 4.63. The first-order chi connectivity index (χ1) is 14.7. The molecule has 0 spiro atoms. The van der Waals surface area contributed by atoms with Crippen LogP contribution in [0, 0.1) is 0 Å². The number of thiazole rings is 1. The van der Waals surface area contributed by atoms with E-state index in [0.717, 1.165) is 29.1 Å². The Morgan fingerprint density at radius 1 is 1.23 bits per heavy atom. The van der Waals surface area contributed by atoms with E-state index in [2.05, 4.69) is 20.5 Å². The lowest BCUT2D eigenvalue weighted by molar-refractivity contribution is -0.124. The smallest absolute Gasteiger partial charge is 0.276 e. The number of ether oxygens (including phenoxy) is 1. The second-order valence-electron chi connectivity index (χ2n) is 7.21. The summed E-state index contributed by atoms with van der Waals surface area (Å²) in [6.45, 7) is 1.62. The molecule has 4 heterocycles. The van der Waals surface area contributed by atoms with E-state index in [1.807, 2.05) is 30.3 Å². The van der Waals surface area contributed by atoms with Gasteiger partial charge in [0, 0.05) is 24.4 Å². The van der Waals surface area contributed by atoms with E-state index in [0.29, 0.717) is 36.9 Å². The fraction of sp³-hybridized carbons (Fsp3) is 0.350. The van der Waals surface area contributed by atoms with Gasteiger partial charge in [-0.15, -0.1) is 5.10 Å². The van der Waals surface area contributed by atoms with Gasteiger partial charge in [-0.3, -0.25) is 14.9 Å². The summed E-state index contributed by atoms with van der Waals surface area (Å²) in [5, 5.41) is 12.0. The van der Waals surface area contributed by atoms with E-state index in [1.165, 1.54) is 22.3 Å². The number of nitrogens with one attached hydrogen (secondary N) is 1. The lowest BCUT2D eigenvalue weighted by Crippen LogP contribution is -2.35. The van der Waals surface area contributed by atoms with Gasteiger partial charge in [-0.25, -0.2) is 4.98 Å². The third-order valence-corrected chi connectivity index (χ3v) is 6.17. The van der Waals surface area contributed by atoms with Gasteiger partial charge in [0.15, 0.2) is 10.8 Å². The topological polar surface area (TPSA) is 102 Å². The second kappa shape index (κ2) is 7.96. The summed E-state index contributed by atoms with van der Waals surface area (Å²) in [6.07, 6.45) is 3.38. The van der Waals surface area contributed by atoms with Crippen LogP contribution < -0.4 is 5.32 Å². The van der Waals surface area contributed by atoms with Gasteiger partial charge in [-0.1, -0.05) is 29.5 Å². The SMILES string of the molecule is O=C(Nc1nc2c(s1)CN(C(=O)c1cnn(-c3ccccc3)n1)CC2)[C@@H]1CCCO1. The molecule has 3 aromatic rings. The molecule has 2 aliphatic rings. The van der Waals surface area contributed by atoms with E-state index >= 15 is 0 Å². The molecule has 0 saturated carbocycles. The molecule has 5 rings (SSSR count). The number of para-hydroxylation sites is 1. The predicted molar refractivity (Wildman–Crippen MR) is 110 cm³/mol. The maximum Gasteiger partial charge on any atom is 0.276 e. The summed E-state index contributed by atoms with van der Waals surface area (Å²) in [4.78, 5) is 33.9. The minimum Gasteiger partial charge on any atom is -0.368 e. The maximum absolute atomic E-state index is 12.9. The van der Waals surface area contributed by atoms with Crippen LogP contribution >= 0.6 is 11.3 Å². The number of amides is 2. The predicted octanol–water partition coefficient (Wildman–Crippen LogP) is 2.04. The summed E-state index contributed by atoms with van der Waals surface area (Å²) in [5.41, 5.74) is 2.03. The standard InChI is InChI=1S/C20H20N6O3S/c27-18(16-7-4-10-29-16)23-20-22-14-8-9-25(12-17(14)30-20)19(28)15-11-21-26(24-15)13-5-2-1-3-6-13/h1-3,5-6,11,16H,4,7-10,12H2,(H,22,23,27)/t16-/m0/s1. The number of carbonyl (C=O) groups excluding carboxylic acids is 2. The molecule has 2 amide bonds. The average Bonchev–Trinajstić information content (AvgIpc) is 3.53. The quantitative estimate of drug-likeness (QED) is 0.688. The van der Waals surface area contributed by atoms with E-state index in [-0.39, 0.29) is 11.8 Å². The Hall–Kier alpha value is -3.11. The van der Waals surface area contributed by atoms with Crippen molar-refractivity contribution in [3.8, 4) is 5.69 Å². The molecule has 30 heavy (non-hydrogen) atoms. The maximum atomic E-state index is 12.9. The number of rotatable bonds is 4. The summed E-state index contributed by atoms with van der Waals surface area (Å²) >= 11 is 1.41. The van der Waals surface area contributed by atoms with Gasteiger partial charge in [0.1, 0.15) is 6.10 Å². The van der Waals surface area contributed by atoms with Crippen molar-refractivity contribution in [2.45, 2.75) is 31.9 Å². The third kappa shape index (κ3) is 3.71. The summed E-state index contributed by atoms with van der Waals surface area (Å²) in [7, 11) is 0. The third-order valence-electron chi connectivity index (χ3n) is 5.17. The largest absolute Gasteiger partial charge is 0.368 e. The first-order valence-electron chi connectivity index (χ1n) is 9.85. The van der Waals surface area contributed by atoms with Crippen molar-refractivity contribution >= 4 is 28.3 Å². The molecule has 1 saturated heterocycles. The van der Waals surface area contributed by atoms with Crippen LogP contribution in [-0.4, -0.2) is 55.9 Å². The van der Waals surface area contributed by atoms with Crippen LogP contribution in [0.25, 0.3) is 5.69 Å². The number of aromatic nitrogens is 4. The Balaban J connectivity index is 1.26. The molecule has 2 aromatic heterocycles. The van der Waals surface area contributed by atoms with Crippen molar-refractivity contribution in [1.82, 2.24) is 24.9 Å². The second-order valence-corrected chi connectivity index (χ2v) is 8.29. The molecule has 0 unspecified atom stereocenters. The molecule has 1 N–H and O–H groups in total. The Morgan fingerprint density at radius 3 is 2.90 bits per heavy atom. The zero-order valence-corrected chi connectivity index (χ0v) is 17.0. The van der Waals surface area contributed by atoms with E-state index in [1.54, 1.807) is 4.90 Å². The Morgan fingerprint density at radius 2 is 2.10 bits per heavy atom. The number of nitrogens with zero attached hydrogens (tertiary/aromatic N) is 5. The number of hydrogen-bond donors (Lipinski definition) is 1. The van der Waals surface area contributed by atoms with Crippen molar-refractivity contribution in [3.63, 3.8) is 0 Å². The van der Waals surface area contributed by atoms with Crippen LogP contribution in [0.2, 0.25) is 0 Å². The van der Waals surface area contributed by atoms with Gasteiger partial charge in [0.05, 0.1) is 24.1 Å². The molecule has 1 aromatic carbocycles. The van der Waals surface area contributed by atoms with Gasteiger partial charge in [-0.2, -0.15) is 9.90 Å². The lowest BCUT2D eigenvalue weighted by atomic mass is 10.1. The minimum absolute atomic E-state index is 0.149. The highest BCUT2D eigenvalue weighted by Gasteiger charge is 2.28. The Bertz CT molecular complexity index is 1070. The van der Waals surface area contributed by atoms with Gasteiger partial charge in [0.25, 0.3) is 11.8 Å². The first kappa shape index (κ1) is 18.9. The molecule has 0 bridgehead atoms. The molecular formula is C20H20N6O3S. The van der Waals surface area contributed by atoms with Crippen molar-refractivity contribution in [2.24, 2.45) is 0 Å². The van der Waals surface area contributed by atoms with E-state index in [9.17, 15) is 9.59 Å². The highest BCUT2D eigenvalue weighted by Crippen LogP contribution is 2.29. The van der Waals surface area contributed by atoms with E-state index < -0.39 is 6.10 Å². The van der Waals surface area contributed by atoms with Crippen LogP contribution in [0.5, 0.6) is 0 Å². The summed E-state index contributed by atoms with van der Waals surface area (Å²) in [5.74, 6) is -0.315. The summed E-state index contributed by atoms with van der Waals surface area (Å²) in [6, 6.07) is 9.46. The highest BCUT2D eigenvalue weighted by molar-refractivity contribution is 7.15. The zero-order valence-electron chi connectivity index (χ0n) is 16.2. The van der Waals surface area contributed by atoms with Crippen molar-refractivity contribution in [1.29, 1.82) is 0 Å². The molecule has 0 aliphatic carbocycles. The van der Waals surface area contributed by atoms with E-state index in [4.69, 9.17) is 4.74 Å². The average molecular weight is 424 g/mol. The fourth-order valence-electron chi connectivity index (χ4n) is 3.60. The molecule has 10 heteroatoms. The first-order valence-corrected chi connectivity index (χ1v) is 10.7. The normalized spacial score (nSPS) is 18.3.